The summed E-state index contributed by atoms with van der Waals surface area (Å²) in [5, 5.41) is 13.1. The Morgan fingerprint density at radius 2 is 2.06 bits per heavy atom. The number of aliphatic hydroxyl groups is 1. The molecule has 1 aromatic carbocycles. The molecule has 98 valence electrons. The largest absolute Gasteiger partial charge is 0.388 e. The Morgan fingerprint density at radius 1 is 1.39 bits per heavy atom. The summed E-state index contributed by atoms with van der Waals surface area (Å²) in [6.45, 7) is 7.89. The van der Waals surface area contributed by atoms with E-state index in [4.69, 9.17) is 0 Å². The van der Waals surface area contributed by atoms with Gasteiger partial charge in [0, 0.05) is 5.56 Å². The third kappa shape index (κ3) is 1.93. The van der Waals surface area contributed by atoms with E-state index in [2.05, 4.69) is 5.32 Å². The van der Waals surface area contributed by atoms with Crippen LogP contribution in [0, 0.1) is 6.92 Å². The molecule has 3 heteroatoms. The number of anilines is 1. The van der Waals surface area contributed by atoms with E-state index < -0.39 is 11.5 Å². The van der Waals surface area contributed by atoms with Crippen LogP contribution in [0.2, 0.25) is 0 Å². The molecular formula is C15H21NO2. The highest BCUT2D eigenvalue weighted by atomic mass is 16.3. The van der Waals surface area contributed by atoms with Crippen molar-refractivity contribution in [3.05, 3.63) is 28.8 Å². The topological polar surface area (TPSA) is 49.3 Å². The minimum Gasteiger partial charge on any atom is -0.388 e. The smallest absolute Gasteiger partial charge is 0.234 e. The quantitative estimate of drug-likeness (QED) is 0.862. The molecule has 0 bridgehead atoms. The standard InChI is InChI=1S/C15H21NO2/c1-5-6-12(17)10-7-9(2)8-11-13(10)16-14(18)15(11,3)4/h7-8,12,17H,5-6H2,1-4H3,(H,16,18). The lowest BCUT2D eigenvalue weighted by atomic mass is 9.83. The molecule has 1 unspecified atom stereocenters. The fraction of sp³-hybridized carbons (Fsp3) is 0.533. The summed E-state index contributed by atoms with van der Waals surface area (Å²) in [5.41, 5.74) is 3.24. The number of aliphatic hydroxyl groups excluding tert-OH is 1. The highest BCUT2D eigenvalue weighted by Gasteiger charge is 2.40. The predicted molar refractivity (Wildman–Crippen MR) is 72.7 cm³/mol. The Balaban J connectivity index is 2.56. The number of rotatable bonds is 3. The molecule has 1 aliphatic heterocycles. The number of hydrogen-bond donors (Lipinski definition) is 2. The van der Waals surface area contributed by atoms with Crippen LogP contribution >= 0.6 is 0 Å². The fourth-order valence-corrected chi connectivity index (χ4v) is 2.53. The number of carbonyl (C=O) groups excluding carboxylic acids is 1. The SMILES string of the molecule is CCCC(O)c1cc(C)cc2c1NC(=O)C2(C)C. The maximum Gasteiger partial charge on any atom is 0.234 e. The molecular weight excluding hydrogens is 226 g/mol. The second kappa shape index (κ2) is 4.39. The van der Waals surface area contributed by atoms with E-state index in [9.17, 15) is 9.90 Å². The van der Waals surface area contributed by atoms with Crippen LogP contribution in [0.5, 0.6) is 0 Å². The summed E-state index contributed by atoms with van der Waals surface area (Å²) in [5.74, 6) is 0.00745. The van der Waals surface area contributed by atoms with Gasteiger partial charge in [0.25, 0.3) is 0 Å². The first-order chi connectivity index (χ1) is 8.37. The molecule has 2 rings (SSSR count). The summed E-state index contributed by atoms with van der Waals surface area (Å²) >= 11 is 0. The highest BCUT2D eigenvalue weighted by molar-refractivity contribution is 6.06. The fourth-order valence-electron chi connectivity index (χ4n) is 2.53. The molecule has 1 aliphatic rings. The van der Waals surface area contributed by atoms with Gasteiger partial charge in [-0.05, 0) is 32.8 Å². The highest BCUT2D eigenvalue weighted by Crippen LogP contribution is 2.42. The second-order valence-corrected chi connectivity index (χ2v) is 5.66. The maximum absolute atomic E-state index is 12.0. The van der Waals surface area contributed by atoms with E-state index >= 15 is 0 Å². The molecule has 1 heterocycles. The molecule has 1 aromatic rings. The molecule has 1 atom stereocenters. The molecule has 18 heavy (non-hydrogen) atoms. The lowest BCUT2D eigenvalue weighted by molar-refractivity contribution is -0.119. The van der Waals surface area contributed by atoms with Crippen molar-refractivity contribution in [2.75, 3.05) is 5.32 Å². The van der Waals surface area contributed by atoms with Crippen molar-refractivity contribution in [2.45, 2.75) is 52.1 Å². The van der Waals surface area contributed by atoms with Gasteiger partial charge in [0.1, 0.15) is 0 Å². The Morgan fingerprint density at radius 3 is 2.67 bits per heavy atom. The number of nitrogens with one attached hydrogen (secondary N) is 1. The number of benzene rings is 1. The Hall–Kier alpha value is -1.35. The van der Waals surface area contributed by atoms with E-state index in [0.717, 1.165) is 28.8 Å². The van der Waals surface area contributed by atoms with Gasteiger partial charge in [-0.1, -0.05) is 31.0 Å². The van der Waals surface area contributed by atoms with Gasteiger partial charge in [-0.15, -0.1) is 0 Å². The van der Waals surface area contributed by atoms with Crippen molar-refractivity contribution in [1.29, 1.82) is 0 Å². The van der Waals surface area contributed by atoms with Crippen LogP contribution in [0.4, 0.5) is 5.69 Å². The summed E-state index contributed by atoms with van der Waals surface area (Å²) < 4.78 is 0. The van der Waals surface area contributed by atoms with Gasteiger partial charge in [-0.3, -0.25) is 4.79 Å². The van der Waals surface area contributed by atoms with Crippen molar-refractivity contribution in [3.63, 3.8) is 0 Å². The summed E-state index contributed by atoms with van der Waals surface area (Å²) in [7, 11) is 0. The molecule has 0 fully saturated rings. The summed E-state index contributed by atoms with van der Waals surface area (Å²) in [6.07, 6.45) is 1.13. The van der Waals surface area contributed by atoms with Crippen molar-refractivity contribution in [2.24, 2.45) is 0 Å². The van der Waals surface area contributed by atoms with Gasteiger partial charge in [0.15, 0.2) is 0 Å². The van der Waals surface area contributed by atoms with Gasteiger partial charge in [-0.25, -0.2) is 0 Å². The average Bonchev–Trinajstić information content (AvgIpc) is 2.51. The van der Waals surface area contributed by atoms with Gasteiger partial charge >= 0.3 is 0 Å². The molecule has 0 saturated carbocycles. The third-order valence-electron chi connectivity index (χ3n) is 3.71. The second-order valence-electron chi connectivity index (χ2n) is 5.66. The third-order valence-corrected chi connectivity index (χ3v) is 3.71. The van der Waals surface area contributed by atoms with Crippen LogP contribution in [0.15, 0.2) is 12.1 Å². The van der Waals surface area contributed by atoms with Gasteiger partial charge < -0.3 is 10.4 Å². The average molecular weight is 247 g/mol. The number of aryl methyl sites for hydroxylation is 1. The first-order valence-corrected chi connectivity index (χ1v) is 6.52. The van der Waals surface area contributed by atoms with Crippen molar-refractivity contribution in [1.82, 2.24) is 0 Å². The number of amides is 1. The molecule has 0 aliphatic carbocycles. The van der Waals surface area contributed by atoms with Crippen molar-refractivity contribution in [3.8, 4) is 0 Å². The molecule has 0 saturated heterocycles. The molecule has 3 nitrogen and oxygen atoms in total. The van der Waals surface area contributed by atoms with Crippen LogP contribution in [-0.4, -0.2) is 11.0 Å². The minimum atomic E-state index is -0.512. The number of hydrogen-bond acceptors (Lipinski definition) is 2. The Labute approximate surface area is 108 Å². The lowest BCUT2D eigenvalue weighted by Crippen LogP contribution is -2.26. The van der Waals surface area contributed by atoms with E-state index in [0.29, 0.717) is 6.42 Å². The van der Waals surface area contributed by atoms with Gasteiger partial charge in [-0.2, -0.15) is 0 Å². The van der Waals surface area contributed by atoms with Gasteiger partial charge in [0.05, 0.1) is 17.2 Å². The first-order valence-electron chi connectivity index (χ1n) is 6.52. The van der Waals surface area contributed by atoms with E-state index in [1.165, 1.54) is 0 Å². The molecule has 0 spiro atoms. The monoisotopic (exact) mass is 247 g/mol. The normalized spacial score (nSPS) is 18.4. The van der Waals surface area contributed by atoms with Crippen LogP contribution < -0.4 is 5.32 Å². The van der Waals surface area contributed by atoms with Crippen LogP contribution in [-0.2, 0) is 10.2 Å². The van der Waals surface area contributed by atoms with E-state index in [-0.39, 0.29) is 5.91 Å². The minimum absolute atomic E-state index is 0.00745. The van der Waals surface area contributed by atoms with Gasteiger partial charge in [0.2, 0.25) is 5.91 Å². The zero-order chi connectivity index (χ0) is 13.5. The lowest BCUT2D eigenvalue weighted by Gasteiger charge is -2.18. The Kier molecular flexibility index (Phi) is 3.20. The molecule has 2 N–H and O–H groups in total. The zero-order valence-electron chi connectivity index (χ0n) is 11.5. The molecule has 0 aromatic heterocycles. The predicted octanol–water partition coefficient (Wildman–Crippen LogP) is 3.06. The maximum atomic E-state index is 12.0. The molecule has 1 amide bonds. The first kappa shape index (κ1) is 13.1. The van der Waals surface area contributed by atoms with E-state index in [1.54, 1.807) is 0 Å². The van der Waals surface area contributed by atoms with E-state index in [1.807, 2.05) is 39.8 Å². The summed E-state index contributed by atoms with van der Waals surface area (Å²) in [4.78, 5) is 12.0. The van der Waals surface area contributed by atoms with Crippen LogP contribution in [0.3, 0.4) is 0 Å². The van der Waals surface area contributed by atoms with Crippen molar-refractivity contribution >= 4 is 11.6 Å². The van der Waals surface area contributed by atoms with Crippen molar-refractivity contribution < 1.29 is 9.90 Å². The zero-order valence-corrected chi connectivity index (χ0v) is 11.5. The molecule has 0 radical (unpaired) electrons. The van der Waals surface area contributed by atoms with Crippen LogP contribution in [0.25, 0.3) is 0 Å². The Bertz CT molecular complexity index is 492. The number of carbonyl (C=O) groups is 1. The van der Waals surface area contributed by atoms with Crippen LogP contribution in [0.1, 0.15) is 56.4 Å². The summed E-state index contributed by atoms with van der Waals surface area (Å²) in [6, 6.07) is 4.01. The number of fused-ring (bicyclic) bond motifs is 1.